The van der Waals surface area contributed by atoms with Gasteiger partial charge in [-0.15, -0.1) is 0 Å². The zero-order chi connectivity index (χ0) is 14.6. The largest absolute Gasteiger partial charge is 0.454 e. The van der Waals surface area contributed by atoms with Crippen LogP contribution < -0.4 is 14.6 Å². The third-order valence-corrected chi connectivity index (χ3v) is 3.04. The molecule has 5 nitrogen and oxygen atoms in total. The van der Waals surface area contributed by atoms with Crippen molar-refractivity contribution in [2.75, 3.05) is 0 Å². The van der Waals surface area contributed by atoms with Gasteiger partial charge in [0.2, 0.25) is 0 Å². The predicted octanol–water partition coefficient (Wildman–Crippen LogP) is 1.91. The molecule has 20 heavy (non-hydrogen) atoms. The van der Waals surface area contributed by atoms with E-state index in [4.69, 9.17) is 9.88 Å². The Balaban J connectivity index is 2.22. The summed E-state index contributed by atoms with van der Waals surface area (Å²) in [5.74, 6) is -0.0778. The second-order valence-corrected chi connectivity index (χ2v) is 5.39. The van der Waals surface area contributed by atoms with E-state index in [0.29, 0.717) is 11.3 Å². The summed E-state index contributed by atoms with van der Waals surface area (Å²) >= 11 is 0. The maximum Gasteiger partial charge on any atom is 0.274 e. The number of halogens is 1. The normalized spacial score (nSPS) is 11.3. The van der Waals surface area contributed by atoms with Crippen molar-refractivity contribution in [2.45, 2.75) is 6.54 Å². The van der Waals surface area contributed by atoms with Gasteiger partial charge in [-0.1, -0.05) is 30.3 Å². The lowest BCUT2D eigenvalue weighted by molar-refractivity contribution is 0.437. The topological polar surface area (TPSA) is 81.4 Å². The van der Waals surface area contributed by atoms with Crippen LogP contribution in [0.1, 0.15) is 5.56 Å². The Kier molecular flexibility index (Phi) is 4.33. The van der Waals surface area contributed by atoms with E-state index in [1.165, 1.54) is 12.1 Å². The van der Waals surface area contributed by atoms with E-state index in [0.717, 1.165) is 0 Å². The minimum atomic E-state index is -3.80. The van der Waals surface area contributed by atoms with E-state index in [2.05, 4.69) is 4.72 Å². The van der Waals surface area contributed by atoms with Gasteiger partial charge in [0.05, 0.1) is 0 Å². The first-order valence-corrected chi connectivity index (χ1v) is 7.28. The molecule has 0 aliphatic heterocycles. The van der Waals surface area contributed by atoms with Gasteiger partial charge in [0, 0.05) is 12.1 Å². The standard InChI is InChI=1S/C13H13FN2O3S/c14-11-6-2-4-8-13(11)19-12-7-3-1-5-10(12)9-16-20(15,17)18/h1-8,16H,9H2,(H2,15,17,18). The lowest BCUT2D eigenvalue weighted by Gasteiger charge is -2.11. The monoisotopic (exact) mass is 296 g/mol. The molecule has 2 aromatic carbocycles. The summed E-state index contributed by atoms with van der Waals surface area (Å²) in [7, 11) is -3.80. The van der Waals surface area contributed by atoms with Crippen molar-refractivity contribution in [3.8, 4) is 11.5 Å². The maximum atomic E-state index is 13.5. The summed E-state index contributed by atoms with van der Waals surface area (Å²) in [5.41, 5.74) is 0.546. The molecule has 0 saturated heterocycles. The van der Waals surface area contributed by atoms with Crippen molar-refractivity contribution < 1.29 is 17.5 Å². The molecule has 0 fully saturated rings. The van der Waals surface area contributed by atoms with Crippen LogP contribution in [0.2, 0.25) is 0 Å². The zero-order valence-corrected chi connectivity index (χ0v) is 11.2. The van der Waals surface area contributed by atoms with E-state index in [1.807, 2.05) is 0 Å². The van der Waals surface area contributed by atoms with Crippen molar-refractivity contribution in [1.82, 2.24) is 4.72 Å². The highest BCUT2D eigenvalue weighted by Gasteiger charge is 2.09. The summed E-state index contributed by atoms with van der Waals surface area (Å²) in [6.45, 7) is -0.0382. The first-order chi connectivity index (χ1) is 9.46. The number of para-hydroxylation sites is 2. The second kappa shape index (κ2) is 6.00. The Morgan fingerprint density at radius 1 is 1.05 bits per heavy atom. The lowest BCUT2D eigenvalue weighted by Crippen LogP contribution is -2.30. The molecule has 0 heterocycles. The molecular formula is C13H13FN2O3S. The molecule has 0 radical (unpaired) electrons. The van der Waals surface area contributed by atoms with Crippen LogP contribution in [0.3, 0.4) is 0 Å². The van der Waals surface area contributed by atoms with Gasteiger partial charge in [-0.05, 0) is 18.2 Å². The van der Waals surface area contributed by atoms with Gasteiger partial charge in [0.15, 0.2) is 11.6 Å². The van der Waals surface area contributed by atoms with E-state index < -0.39 is 16.0 Å². The number of ether oxygens (including phenoxy) is 1. The number of nitrogens with one attached hydrogen (secondary N) is 1. The molecule has 3 N–H and O–H groups in total. The molecule has 0 aliphatic rings. The van der Waals surface area contributed by atoms with Crippen molar-refractivity contribution in [3.05, 3.63) is 59.9 Å². The van der Waals surface area contributed by atoms with E-state index in [9.17, 15) is 12.8 Å². The Hall–Kier alpha value is -1.96. The smallest absolute Gasteiger partial charge is 0.274 e. The molecule has 2 aromatic rings. The molecule has 0 aromatic heterocycles. The molecule has 106 valence electrons. The number of nitrogens with two attached hydrogens (primary N) is 1. The average molecular weight is 296 g/mol. The van der Waals surface area contributed by atoms with Crippen LogP contribution in [0.5, 0.6) is 11.5 Å². The summed E-state index contributed by atoms with van der Waals surface area (Å²) < 4.78 is 42.9. The molecule has 7 heteroatoms. The number of hydrogen-bond donors (Lipinski definition) is 2. The fourth-order valence-electron chi connectivity index (χ4n) is 1.57. The Labute approximate surface area is 116 Å². The molecule has 0 spiro atoms. The van der Waals surface area contributed by atoms with Gasteiger partial charge in [-0.3, -0.25) is 0 Å². The van der Waals surface area contributed by atoms with Crippen LogP contribution in [0.15, 0.2) is 48.5 Å². The summed E-state index contributed by atoms with van der Waals surface area (Å²) in [4.78, 5) is 0. The van der Waals surface area contributed by atoms with E-state index in [-0.39, 0.29) is 12.3 Å². The second-order valence-electron chi connectivity index (χ2n) is 4.01. The number of hydrogen-bond acceptors (Lipinski definition) is 3. The maximum absolute atomic E-state index is 13.5. The van der Waals surface area contributed by atoms with Crippen LogP contribution in [-0.2, 0) is 16.8 Å². The van der Waals surface area contributed by atoms with Crippen LogP contribution >= 0.6 is 0 Å². The average Bonchev–Trinajstić information content (AvgIpc) is 2.39. The van der Waals surface area contributed by atoms with Crippen LogP contribution in [-0.4, -0.2) is 8.42 Å². The Bertz CT molecular complexity index is 704. The third-order valence-electron chi connectivity index (χ3n) is 2.49. The Morgan fingerprint density at radius 3 is 2.30 bits per heavy atom. The number of benzene rings is 2. The fraction of sp³-hybridized carbons (Fsp3) is 0.0769. The molecule has 0 saturated carbocycles. The van der Waals surface area contributed by atoms with E-state index in [1.54, 1.807) is 36.4 Å². The molecule has 0 amide bonds. The van der Waals surface area contributed by atoms with Crippen molar-refractivity contribution in [1.29, 1.82) is 0 Å². The van der Waals surface area contributed by atoms with Crippen LogP contribution in [0.25, 0.3) is 0 Å². The zero-order valence-electron chi connectivity index (χ0n) is 10.4. The molecule has 2 rings (SSSR count). The van der Waals surface area contributed by atoms with Crippen LogP contribution in [0, 0.1) is 5.82 Å². The quantitative estimate of drug-likeness (QED) is 0.884. The first kappa shape index (κ1) is 14.4. The molecule has 0 bridgehead atoms. The molecule has 0 aliphatic carbocycles. The minimum Gasteiger partial charge on any atom is -0.454 e. The van der Waals surface area contributed by atoms with E-state index >= 15 is 0 Å². The van der Waals surface area contributed by atoms with Crippen molar-refractivity contribution in [3.63, 3.8) is 0 Å². The highest BCUT2D eigenvalue weighted by molar-refractivity contribution is 7.87. The van der Waals surface area contributed by atoms with Crippen molar-refractivity contribution in [2.24, 2.45) is 5.14 Å². The van der Waals surface area contributed by atoms with Crippen LogP contribution in [0.4, 0.5) is 4.39 Å². The van der Waals surface area contributed by atoms with Gasteiger partial charge in [-0.2, -0.15) is 13.1 Å². The summed E-state index contributed by atoms with van der Waals surface area (Å²) in [6.07, 6.45) is 0. The highest BCUT2D eigenvalue weighted by atomic mass is 32.2. The first-order valence-electron chi connectivity index (χ1n) is 5.73. The van der Waals surface area contributed by atoms with Gasteiger partial charge in [-0.25, -0.2) is 9.53 Å². The minimum absolute atomic E-state index is 0.0382. The number of rotatable bonds is 5. The highest BCUT2D eigenvalue weighted by Crippen LogP contribution is 2.27. The van der Waals surface area contributed by atoms with Gasteiger partial charge in [0.1, 0.15) is 5.75 Å². The van der Waals surface area contributed by atoms with Gasteiger partial charge >= 0.3 is 0 Å². The molecular weight excluding hydrogens is 283 g/mol. The summed E-state index contributed by atoms with van der Waals surface area (Å²) in [5, 5.41) is 4.87. The lowest BCUT2D eigenvalue weighted by atomic mass is 10.2. The van der Waals surface area contributed by atoms with Crippen molar-refractivity contribution >= 4 is 10.2 Å². The van der Waals surface area contributed by atoms with Gasteiger partial charge in [0.25, 0.3) is 10.2 Å². The SMILES string of the molecule is NS(=O)(=O)NCc1ccccc1Oc1ccccc1F. The molecule has 0 atom stereocenters. The third kappa shape index (κ3) is 4.02. The Morgan fingerprint density at radius 2 is 1.65 bits per heavy atom. The fourth-order valence-corrected chi connectivity index (χ4v) is 1.93. The molecule has 0 unspecified atom stereocenters. The summed E-state index contributed by atoms with van der Waals surface area (Å²) in [6, 6.07) is 12.7. The predicted molar refractivity (Wildman–Crippen MR) is 72.9 cm³/mol. The van der Waals surface area contributed by atoms with Gasteiger partial charge < -0.3 is 4.74 Å².